The third-order valence-electron chi connectivity index (χ3n) is 3.91. The minimum Gasteiger partial charge on any atom is -0.445 e. The van der Waals surface area contributed by atoms with Gasteiger partial charge in [-0.15, -0.1) is 0 Å². The monoisotopic (exact) mass is 428 g/mol. The third-order valence-corrected chi connectivity index (χ3v) is 6.27. The van der Waals surface area contributed by atoms with Crippen LogP contribution in [0.1, 0.15) is 39.3 Å². The van der Waals surface area contributed by atoms with E-state index in [1.54, 1.807) is 37.5 Å². The van der Waals surface area contributed by atoms with Crippen LogP contribution in [0.3, 0.4) is 0 Å². The molecule has 1 aromatic heterocycles. The molecule has 2 aromatic rings. The molecule has 5 nitrogen and oxygen atoms in total. The van der Waals surface area contributed by atoms with E-state index in [2.05, 4.69) is 41.7 Å². The van der Waals surface area contributed by atoms with Gasteiger partial charge in [-0.3, -0.25) is 0 Å². The molecule has 1 unspecified atom stereocenters. The van der Waals surface area contributed by atoms with Gasteiger partial charge in [0.25, 0.3) is 0 Å². The highest BCUT2D eigenvalue weighted by atomic mass is 79.9. The first kappa shape index (κ1) is 20.1. The van der Waals surface area contributed by atoms with E-state index in [-0.39, 0.29) is 16.2 Å². The molecule has 0 fully saturated rings. The SMILES string of the molecule is CC(Cc1ncc(C(C)(C)C)o1)CN(C)S(=O)(=O)c1ccc(Br)cc1. The zero-order chi connectivity index (χ0) is 18.8. The lowest BCUT2D eigenvalue weighted by Gasteiger charge is -2.20. The van der Waals surface area contributed by atoms with Gasteiger partial charge in [0.05, 0.1) is 11.1 Å². The van der Waals surface area contributed by atoms with Crippen LogP contribution in [-0.4, -0.2) is 31.3 Å². The maximum Gasteiger partial charge on any atom is 0.242 e. The van der Waals surface area contributed by atoms with Crippen LogP contribution < -0.4 is 0 Å². The molecule has 0 amide bonds. The molecule has 0 aliphatic carbocycles. The first-order valence-corrected chi connectivity index (χ1v) is 10.4. The van der Waals surface area contributed by atoms with E-state index in [4.69, 9.17) is 4.42 Å². The summed E-state index contributed by atoms with van der Waals surface area (Å²) in [5.41, 5.74) is -0.0871. The Morgan fingerprint density at radius 1 is 1.24 bits per heavy atom. The number of sulfonamides is 1. The van der Waals surface area contributed by atoms with Crippen LogP contribution in [0, 0.1) is 5.92 Å². The summed E-state index contributed by atoms with van der Waals surface area (Å²) in [6, 6.07) is 6.66. The molecule has 0 aliphatic rings. The zero-order valence-corrected chi connectivity index (χ0v) is 17.7. The van der Waals surface area contributed by atoms with Gasteiger partial charge in [-0.1, -0.05) is 43.6 Å². The number of hydrogen-bond donors (Lipinski definition) is 0. The fourth-order valence-corrected chi connectivity index (χ4v) is 3.99. The Morgan fingerprint density at radius 3 is 2.36 bits per heavy atom. The minimum absolute atomic E-state index is 0.0849. The Labute approximate surface area is 158 Å². The van der Waals surface area contributed by atoms with Crippen LogP contribution in [0.4, 0.5) is 0 Å². The second-order valence-electron chi connectivity index (χ2n) is 7.42. The average molecular weight is 429 g/mol. The Kier molecular flexibility index (Phi) is 6.12. The fraction of sp³-hybridized carbons (Fsp3) is 0.500. The summed E-state index contributed by atoms with van der Waals surface area (Å²) in [6.07, 6.45) is 2.35. The number of hydrogen-bond acceptors (Lipinski definition) is 4. The summed E-state index contributed by atoms with van der Waals surface area (Å²) < 4.78 is 33.3. The van der Waals surface area contributed by atoms with Gasteiger partial charge >= 0.3 is 0 Å². The molecule has 0 saturated carbocycles. The lowest BCUT2D eigenvalue weighted by atomic mass is 9.94. The highest BCUT2D eigenvalue weighted by molar-refractivity contribution is 9.10. The van der Waals surface area contributed by atoms with Gasteiger partial charge in [0.2, 0.25) is 10.0 Å². The van der Waals surface area contributed by atoms with E-state index < -0.39 is 10.0 Å². The quantitative estimate of drug-likeness (QED) is 0.689. The van der Waals surface area contributed by atoms with Crippen molar-refractivity contribution in [3.8, 4) is 0 Å². The number of nitrogens with zero attached hydrogens (tertiary/aromatic N) is 2. The molecular formula is C18H25BrN2O3S. The summed E-state index contributed by atoms with van der Waals surface area (Å²) in [6.45, 7) is 8.60. The maximum atomic E-state index is 12.6. The van der Waals surface area contributed by atoms with Crippen LogP contribution in [-0.2, 0) is 21.9 Å². The lowest BCUT2D eigenvalue weighted by Crippen LogP contribution is -2.31. The van der Waals surface area contributed by atoms with E-state index in [0.29, 0.717) is 18.9 Å². The lowest BCUT2D eigenvalue weighted by molar-refractivity contribution is 0.343. The summed E-state index contributed by atoms with van der Waals surface area (Å²) in [4.78, 5) is 4.61. The Morgan fingerprint density at radius 2 is 1.84 bits per heavy atom. The molecule has 0 spiro atoms. The Balaban J connectivity index is 2.03. The molecule has 25 heavy (non-hydrogen) atoms. The van der Waals surface area contributed by atoms with Gasteiger partial charge in [-0.2, -0.15) is 0 Å². The molecule has 2 rings (SSSR count). The van der Waals surface area contributed by atoms with Crippen molar-refractivity contribution in [3.05, 3.63) is 46.6 Å². The van der Waals surface area contributed by atoms with Crippen LogP contribution in [0.5, 0.6) is 0 Å². The smallest absolute Gasteiger partial charge is 0.242 e. The maximum absolute atomic E-state index is 12.6. The van der Waals surface area contributed by atoms with Gasteiger partial charge < -0.3 is 4.42 Å². The summed E-state index contributed by atoms with van der Waals surface area (Å²) in [5.74, 6) is 1.57. The molecule has 0 bridgehead atoms. The highest BCUT2D eigenvalue weighted by Gasteiger charge is 2.24. The molecule has 7 heteroatoms. The van der Waals surface area contributed by atoms with Gasteiger partial charge in [0.15, 0.2) is 5.89 Å². The number of halogens is 1. The van der Waals surface area contributed by atoms with E-state index >= 15 is 0 Å². The molecule has 0 aliphatic heterocycles. The van der Waals surface area contributed by atoms with Crippen molar-refractivity contribution < 1.29 is 12.8 Å². The topological polar surface area (TPSA) is 63.4 Å². The van der Waals surface area contributed by atoms with Gasteiger partial charge in [-0.05, 0) is 30.2 Å². The minimum atomic E-state index is -3.50. The molecule has 1 heterocycles. The predicted molar refractivity (Wildman–Crippen MR) is 102 cm³/mol. The standard InChI is InChI=1S/C18H25BrN2O3S/c1-13(10-17-20-11-16(24-17)18(2,3)4)12-21(5)25(22,23)15-8-6-14(19)7-9-15/h6-9,11,13H,10,12H2,1-5H3. The normalized spacial score (nSPS) is 14.0. The first-order chi connectivity index (χ1) is 11.5. The molecular weight excluding hydrogens is 404 g/mol. The van der Waals surface area contributed by atoms with Crippen molar-refractivity contribution in [3.63, 3.8) is 0 Å². The molecule has 1 aromatic carbocycles. The van der Waals surface area contributed by atoms with Crippen LogP contribution in [0.25, 0.3) is 0 Å². The van der Waals surface area contributed by atoms with E-state index in [1.807, 2.05) is 6.92 Å². The summed E-state index contributed by atoms with van der Waals surface area (Å²) in [7, 11) is -1.90. The van der Waals surface area contributed by atoms with Crippen LogP contribution >= 0.6 is 15.9 Å². The average Bonchev–Trinajstić information content (AvgIpc) is 2.96. The van der Waals surface area contributed by atoms with Crippen molar-refractivity contribution in [2.45, 2.75) is 44.4 Å². The molecule has 0 saturated heterocycles. The van der Waals surface area contributed by atoms with Gasteiger partial charge in [0, 0.05) is 29.9 Å². The Bertz CT molecular complexity index is 808. The summed E-state index contributed by atoms with van der Waals surface area (Å²) >= 11 is 3.32. The Hall–Kier alpha value is -1.18. The summed E-state index contributed by atoms with van der Waals surface area (Å²) in [5, 5.41) is 0. The number of rotatable bonds is 6. The van der Waals surface area contributed by atoms with Crippen LogP contribution in [0.2, 0.25) is 0 Å². The van der Waals surface area contributed by atoms with Crippen molar-refractivity contribution in [1.82, 2.24) is 9.29 Å². The first-order valence-electron chi connectivity index (χ1n) is 8.17. The molecule has 138 valence electrons. The number of aromatic nitrogens is 1. The van der Waals surface area contributed by atoms with Crippen molar-refractivity contribution >= 4 is 26.0 Å². The molecule has 0 radical (unpaired) electrons. The highest BCUT2D eigenvalue weighted by Crippen LogP contribution is 2.24. The van der Waals surface area contributed by atoms with Gasteiger partial charge in [0.1, 0.15) is 5.76 Å². The van der Waals surface area contributed by atoms with E-state index in [0.717, 1.165) is 10.2 Å². The van der Waals surface area contributed by atoms with Crippen molar-refractivity contribution in [2.24, 2.45) is 5.92 Å². The second-order valence-corrected chi connectivity index (χ2v) is 10.4. The molecule has 0 N–H and O–H groups in total. The zero-order valence-electron chi connectivity index (χ0n) is 15.3. The largest absolute Gasteiger partial charge is 0.445 e. The van der Waals surface area contributed by atoms with Gasteiger partial charge in [-0.25, -0.2) is 17.7 Å². The third kappa shape index (κ3) is 5.15. The van der Waals surface area contributed by atoms with E-state index in [1.165, 1.54) is 4.31 Å². The number of oxazole rings is 1. The number of benzene rings is 1. The fourth-order valence-electron chi connectivity index (χ4n) is 2.44. The van der Waals surface area contributed by atoms with E-state index in [9.17, 15) is 8.42 Å². The van der Waals surface area contributed by atoms with Crippen LogP contribution in [0.15, 0.2) is 44.2 Å². The molecule has 1 atom stereocenters. The predicted octanol–water partition coefficient (Wildman–Crippen LogP) is 4.23. The van der Waals surface area contributed by atoms with Crippen molar-refractivity contribution in [1.29, 1.82) is 0 Å². The second kappa shape index (κ2) is 7.60. The van der Waals surface area contributed by atoms with Crippen molar-refractivity contribution in [2.75, 3.05) is 13.6 Å².